The quantitative estimate of drug-likeness (QED) is 0.790. The molecule has 1 aromatic carbocycles. The van der Waals surface area contributed by atoms with Crippen molar-refractivity contribution in [1.82, 2.24) is 14.7 Å². The normalized spacial score (nSPS) is 17.2. The molecule has 0 bridgehead atoms. The molecule has 1 atom stereocenters. The van der Waals surface area contributed by atoms with Gasteiger partial charge >= 0.3 is 0 Å². The molecular weight excluding hydrogens is 294 g/mol. The average Bonchev–Trinajstić information content (AvgIpc) is 2.99. The van der Waals surface area contributed by atoms with Crippen LogP contribution in [0.15, 0.2) is 59.8 Å². The number of hydrogen-bond acceptors (Lipinski definition) is 3. The fourth-order valence-electron chi connectivity index (χ4n) is 2.77. The Morgan fingerprint density at radius 2 is 2.09 bits per heavy atom. The van der Waals surface area contributed by atoms with Gasteiger partial charge in [0.1, 0.15) is 11.3 Å². The summed E-state index contributed by atoms with van der Waals surface area (Å²) in [5.74, 6) is 0.906. The van der Waals surface area contributed by atoms with Gasteiger partial charge in [-0.2, -0.15) is 0 Å². The minimum atomic E-state index is -0.115. The number of imidazole rings is 1. The van der Waals surface area contributed by atoms with E-state index in [1.165, 1.54) is 10.5 Å². The number of hydrogen-bond donors (Lipinski definition) is 1. The van der Waals surface area contributed by atoms with E-state index in [0.717, 1.165) is 17.8 Å². The standard InChI is InChI=1S/C17H15N3OS/c21-17(14-11-20-9-4-3-7-16(20)18-14)19-13-8-10-22-15-6-2-1-5-12(13)15/h1-7,9,11,13H,8,10H2,(H,19,21)/t13-/m1/s1. The van der Waals surface area contributed by atoms with Gasteiger partial charge in [-0.05, 0) is 30.2 Å². The summed E-state index contributed by atoms with van der Waals surface area (Å²) in [6.45, 7) is 0. The van der Waals surface area contributed by atoms with E-state index in [1.54, 1.807) is 6.20 Å². The molecule has 1 N–H and O–H groups in total. The zero-order valence-corrected chi connectivity index (χ0v) is 12.7. The zero-order chi connectivity index (χ0) is 14.9. The number of thioether (sulfide) groups is 1. The second kappa shape index (κ2) is 5.50. The van der Waals surface area contributed by atoms with E-state index in [0.29, 0.717) is 5.69 Å². The zero-order valence-electron chi connectivity index (χ0n) is 11.9. The number of carbonyl (C=O) groups excluding carboxylic acids is 1. The van der Waals surface area contributed by atoms with Gasteiger partial charge in [0.25, 0.3) is 5.91 Å². The molecule has 4 nitrogen and oxygen atoms in total. The molecule has 0 fully saturated rings. The molecule has 5 heteroatoms. The second-order valence-electron chi connectivity index (χ2n) is 5.29. The smallest absolute Gasteiger partial charge is 0.271 e. The summed E-state index contributed by atoms with van der Waals surface area (Å²) in [5.41, 5.74) is 2.45. The van der Waals surface area contributed by atoms with Crippen molar-refractivity contribution in [3.8, 4) is 0 Å². The third-order valence-corrected chi connectivity index (χ3v) is 4.98. The number of pyridine rings is 1. The van der Waals surface area contributed by atoms with Crippen LogP contribution >= 0.6 is 11.8 Å². The van der Waals surface area contributed by atoms with Crippen LogP contribution in [0.3, 0.4) is 0 Å². The molecule has 0 spiro atoms. The highest BCUT2D eigenvalue weighted by molar-refractivity contribution is 7.99. The maximum absolute atomic E-state index is 12.5. The molecule has 0 aliphatic carbocycles. The van der Waals surface area contributed by atoms with Crippen LogP contribution in [-0.2, 0) is 0 Å². The maximum Gasteiger partial charge on any atom is 0.271 e. The number of nitrogens with zero attached hydrogens (tertiary/aromatic N) is 2. The summed E-state index contributed by atoms with van der Waals surface area (Å²) >= 11 is 1.85. The second-order valence-corrected chi connectivity index (χ2v) is 6.43. The van der Waals surface area contributed by atoms with E-state index in [4.69, 9.17) is 0 Å². The van der Waals surface area contributed by atoms with Crippen LogP contribution in [0.2, 0.25) is 0 Å². The monoisotopic (exact) mass is 309 g/mol. The fourth-order valence-corrected chi connectivity index (χ4v) is 3.89. The van der Waals surface area contributed by atoms with Crippen molar-refractivity contribution < 1.29 is 4.79 Å². The predicted octanol–water partition coefficient (Wildman–Crippen LogP) is 3.30. The van der Waals surface area contributed by atoms with Crippen molar-refractivity contribution >= 4 is 23.3 Å². The van der Waals surface area contributed by atoms with Gasteiger partial charge in [0, 0.05) is 23.0 Å². The summed E-state index contributed by atoms with van der Waals surface area (Å²) in [4.78, 5) is 18.1. The van der Waals surface area contributed by atoms with Gasteiger partial charge in [-0.1, -0.05) is 24.3 Å². The lowest BCUT2D eigenvalue weighted by Gasteiger charge is -2.25. The molecule has 2 aromatic heterocycles. The lowest BCUT2D eigenvalue weighted by atomic mass is 10.0. The van der Waals surface area contributed by atoms with E-state index in [1.807, 2.05) is 52.7 Å². The molecule has 4 rings (SSSR count). The van der Waals surface area contributed by atoms with Crippen molar-refractivity contribution in [3.63, 3.8) is 0 Å². The highest BCUT2D eigenvalue weighted by Gasteiger charge is 2.23. The van der Waals surface area contributed by atoms with Gasteiger partial charge in [-0.3, -0.25) is 4.79 Å². The largest absolute Gasteiger partial charge is 0.344 e. The predicted molar refractivity (Wildman–Crippen MR) is 87.2 cm³/mol. The number of nitrogens with one attached hydrogen (secondary N) is 1. The third-order valence-electron chi connectivity index (χ3n) is 3.86. The number of rotatable bonds is 2. The Labute approximate surface area is 132 Å². The SMILES string of the molecule is O=C(N[C@@H]1CCSc2ccccc21)c1cn2ccccc2n1. The molecule has 1 amide bonds. The van der Waals surface area contributed by atoms with Gasteiger partial charge in [0.05, 0.1) is 6.04 Å². The van der Waals surface area contributed by atoms with E-state index >= 15 is 0 Å². The van der Waals surface area contributed by atoms with Gasteiger partial charge in [0.15, 0.2) is 0 Å². The van der Waals surface area contributed by atoms with Crippen LogP contribution in [0, 0.1) is 0 Å². The highest BCUT2D eigenvalue weighted by atomic mass is 32.2. The summed E-state index contributed by atoms with van der Waals surface area (Å²) in [5, 5.41) is 3.12. The summed E-state index contributed by atoms with van der Waals surface area (Å²) in [6, 6.07) is 14.1. The minimum Gasteiger partial charge on any atom is -0.344 e. The lowest BCUT2D eigenvalue weighted by molar-refractivity contribution is 0.0930. The molecule has 1 aliphatic rings. The van der Waals surface area contributed by atoms with E-state index in [9.17, 15) is 4.79 Å². The van der Waals surface area contributed by atoms with E-state index in [2.05, 4.69) is 22.4 Å². The Morgan fingerprint density at radius 1 is 1.23 bits per heavy atom. The number of fused-ring (bicyclic) bond motifs is 2. The highest BCUT2D eigenvalue weighted by Crippen LogP contribution is 2.35. The van der Waals surface area contributed by atoms with Crippen LogP contribution in [0.25, 0.3) is 5.65 Å². The summed E-state index contributed by atoms with van der Waals surface area (Å²) in [7, 11) is 0. The molecule has 1 aliphatic heterocycles. The van der Waals surface area contributed by atoms with Crippen LogP contribution in [-0.4, -0.2) is 21.0 Å². The first-order valence-corrected chi connectivity index (χ1v) is 8.26. The number of amides is 1. The molecular formula is C17H15N3OS. The average molecular weight is 309 g/mol. The van der Waals surface area contributed by atoms with Crippen LogP contribution < -0.4 is 5.32 Å². The summed E-state index contributed by atoms with van der Waals surface area (Å²) in [6.07, 6.45) is 4.61. The first kappa shape index (κ1) is 13.4. The fraction of sp³-hybridized carbons (Fsp3) is 0.176. The maximum atomic E-state index is 12.5. The van der Waals surface area contributed by atoms with Crippen molar-refractivity contribution in [2.24, 2.45) is 0 Å². The molecule has 22 heavy (non-hydrogen) atoms. The van der Waals surface area contributed by atoms with Crippen LogP contribution in [0.4, 0.5) is 0 Å². The Bertz CT molecular complexity index is 810. The van der Waals surface area contributed by atoms with E-state index in [-0.39, 0.29) is 11.9 Å². The first-order valence-electron chi connectivity index (χ1n) is 7.27. The Balaban J connectivity index is 1.60. The van der Waals surface area contributed by atoms with Crippen molar-refractivity contribution in [2.75, 3.05) is 5.75 Å². The topological polar surface area (TPSA) is 46.4 Å². The van der Waals surface area contributed by atoms with Crippen LogP contribution in [0.1, 0.15) is 28.5 Å². The Morgan fingerprint density at radius 3 is 3.00 bits per heavy atom. The minimum absolute atomic E-state index is 0.0646. The molecule has 0 unspecified atom stereocenters. The Hall–Kier alpha value is -2.27. The third kappa shape index (κ3) is 2.37. The molecule has 0 saturated carbocycles. The number of benzene rings is 1. The van der Waals surface area contributed by atoms with Crippen molar-refractivity contribution in [3.05, 3.63) is 66.1 Å². The van der Waals surface area contributed by atoms with Crippen molar-refractivity contribution in [2.45, 2.75) is 17.4 Å². The first-order chi connectivity index (χ1) is 10.8. The Kier molecular flexibility index (Phi) is 3.35. The summed E-state index contributed by atoms with van der Waals surface area (Å²) < 4.78 is 1.86. The van der Waals surface area contributed by atoms with Crippen LogP contribution in [0.5, 0.6) is 0 Å². The van der Waals surface area contributed by atoms with Gasteiger partial charge in [0.2, 0.25) is 0 Å². The van der Waals surface area contributed by atoms with E-state index < -0.39 is 0 Å². The van der Waals surface area contributed by atoms with Crippen molar-refractivity contribution in [1.29, 1.82) is 0 Å². The lowest BCUT2D eigenvalue weighted by Crippen LogP contribution is -2.30. The number of carbonyl (C=O) groups is 1. The van der Waals surface area contributed by atoms with Gasteiger partial charge in [-0.25, -0.2) is 4.98 Å². The molecule has 3 heterocycles. The molecule has 0 radical (unpaired) electrons. The molecule has 0 saturated heterocycles. The van der Waals surface area contributed by atoms with Gasteiger partial charge in [-0.15, -0.1) is 11.8 Å². The molecule has 3 aromatic rings. The van der Waals surface area contributed by atoms with Gasteiger partial charge < -0.3 is 9.72 Å². The molecule has 110 valence electrons. The number of aromatic nitrogens is 2.